The predicted molar refractivity (Wildman–Crippen MR) is 124 cm³/mol. The molecule has 0 saturated heterocycles. The third kappa shape index (κ3) is 4.34. The van der Waals surface area contributed by atoms with Gasteiger partial charge in [-0.15, -0.1) is 11.3 Å². The van der Waals surface area contributed by atoms with Gasteiger partial charge in [-0.05, 0) is 55.2 Å². The summed E-state index contributed by atoms with van der Waals surface area (Å²) in [5.74, 6) is 1.14. The van der Waals surface area contributed by atoms with Crippen molar-refractivity contribution in [1.82, 2.24) is 0 Å². The Balaban J connectivity index is 1.52. The zero-order chi connectivity index (χ0) is 21.1. The van der Waals surface area contributed by atoms with Crippen LogP contribution in [0, 0.1) is 23.5 Å². The van der Waals surface area contributed by atoms with Crippen molar-refractivity contribution in [3.8, 4) is 5.75 Å². The number of fused-ring (bicyclic) bond motifs is 3. The Morgan fingerprint density at radius 3 is 2.23 bits per heavy atom. The molecule has 0 unspecified atom stereocenters. The standard InChI is InChI=1S/C26H32F2OS/c1-3-5-7-19-12-13-20-21-14-15-22(24(28)26(21)30-25(20)23(19)27)29-16-18-10-8-17(6-4-2)9-11-18/h12-15,17-18H,3-11,16H2,1-2H3. The molecule has 1 fully saturated rings. The van der Waals surface area contributed by atoms with Crippen LogP contribution in [0.2, 0.25) is 0 Å². The normalized spacial score (nSPS) is 19.6. The van der Waals surface area contributed by atoms with Crippen LogP contribution in [-0.2, 0) is 6.42 Å². The van der Waals surface area contributed by atoms with Crippen molar-refractivity contribution in [2.24, 2.45) is 11.8 Å². The maximum absolute atomic E-state index is 15.2. The number of thiophene rings is 1. The summed E-state index contributed by atoms with van der Waals surface area (Å²) >= 11 is 1.21. The fraction of sp³-hybridized carbons (Fsp3) is 0.538. The van der Waals surface area contributed by atoms with Crippen LogP contribution in [-0.4, -0.2) is 6.61 Å². The van der Waals surface area contributed by atoms with Crippen molar-refractivity contribution in [3.05, 3.63) is 41.5 Å². The van der Waals surface area contributed by atoms with E-state index in [4.69, 9.17) is 4.74 Å². The summed E-state index contributed by atoms with van der Waals surface area (Å²) in [6.45, 7) is 4.92. The Hall–Kier alpha value is -1.68. The summed E-state index contributed by atoms with van der Waals surface area (Å²) in [7, 11) is 0. The second-order valence-corrected chi connectivity index (χ2v) is 9.88. The minimum Gasteiger partial charge on any atom is -0.490 e. The summed E-state index contributed by atoms with van der Waals surface area (Å²) in [6.07, 6.45) is 10.2. The summed E-state index contributed by atoms with van der Waals surface area (Å²) in [5, 5.41) is 1.58. The van der Waals surface area contributed by atoms with E-state index >= 15 is 4.39 Å². The Bertz CT molecular complexity index is 1000. The topological polar surface area (TPSA) is 9.23 Å². The highest BCUT2D eigenvalue weighted by atomic mass is 32.1. The fourth-order valence-electron chi connectivity index (χ4n) is 4.84. The number of benzene rings is 2. The van der Waals surface area contributed by atoms with Gasteiger partial charge in [0.15, 0.2) is 11.6 Å². The maximum atomic E-state index is 15.2. The van der Waals surface area contributed by atoms with Crippen LogP contribution in [0.3, 0.4) is 0 Å². The molecule has 0 aliphatic heterocycles. The smallest absolute Gasteiger partial charge is 0.182 e. The Labute approximate surface area is 182 Å². The molecule has 1 nitrogen and oxygen atoms in total. The molecule has 0 bridgehead atoms. The molecule has 30 heavy (non-hydrogen) atoms. The molecule has 1 heterocycles. The summed E-state index contributed by atoms with van der Waals surface area (Å²) < 4.78 is 37.2. The van der Waals surface area contributed by atoms with E-state index in [0.717, 1.165) is 41.5 Å². The van der Waals surface area contributed by atoms with Crippen molar-refractivity contribution >= 4 is 31.5 Å². The lowest BCUT2D eigenvalue weighted by Crippen LogP contribution is -2.20. The van der Waals surface area contributed by atoms with E-state index in [0.29, 0.717) is 27.7 Å². The first-order valence-electron chi connectivity index (χ1n) is 11.6. The van der Waals surface area contributed by atoms with Crippen molar-refractivity contribution in [1.29, 1.82) is 0 Å². The Morgan fingerprint density at radius 1 is 0.867 bits per heavy atom. The highest BCUT2D eigenvalue weighted by molar-refractivity contribution is 7.25. The van der Waals surface area contributed by atoms with E-state index in [2.05, 4.69) is 13.8 Å². The van der Waals surface area contributed by atoms with Gasteiger partial charge in [0.2, 0.25) is 0 Å². The minimum absolute atomic E-state index is 0.187. The molecule has 1 aliphatic carbocycles. The van der Waals surface area contributed by atoms with Crippen LogP contribution in [0.4, 0.5) is 8.78 Å². The highest BCUT2D eigenvalue weighted by Gasteiger charge is 2.22. The number of hydrogen-bond acceptors (Lipinski definition) is 2. The molecule has 1 aliphatic rings. The number of aryl methyl sites for hydroxylation is 1. The molecule has 0 atom stereocenters. The number of unbranched alkanes of at least 4 members (excludes halogenated alkanes) is 1. The molecule has 3 aromatic rings. The molecule has 0 N–H and O–H groups in total. The third-order valence-corrected chi connectivity index (χ3v) is 7.88. The fourth-order valence-corrected chi connectivity index (χ4v) is 6.03. The second kappa shape index (κ2) is 9.64. The SMILES string of the molecule is CCCCc1ccc2c(sc3c(F)c(OCC4CCC(CCC)CC4)ccc32)c1F. The van der Waals surface area contributed by atoms with Gasteiger partial charge >= 0.3 is 0 Å². The van der Waals surface area contributed by atoms with Gasteiger partial charge in [-0.2, -0.15) is 0 Å². The molecule has 0 radical (unpaired) electrons. The average Bonchev–Trinajstić information content (AvgIpc) is 3.14. The molecule has 1 saturated carbocycles. The van der Waals surface area contributed by atoms with Crippen LogP contribution in [0.1, 0.15) is 70.8 Å². The monoisotopic (exact) mass is 430 g/mol. The molecular formula is C26H32F2OS. The first kappa shape index (κ1) is 21.5. The van der Waals surface area contributed by atoms with E-state index in [-0.39, 0.29) is 11.6 Å². The van der Waals surface area contributed by atoms with Gasteiger partial charge in [0, 0.05) is 10.8 Å². The second-order valence-electron chi connectivity index (χ2n) is 8.86. The van der Waals surface area contributed by atoms with Gasteiger partial charge < -0.3 is 4.74 Å². The lowest BCUT2D eigenvalue weighted by molar-refractivity contribution is 0.175. The van der Waals surface area contributed by atoms with Crippen LogP contribution in [0.15, 0.2) is 24.3 Å². The summed E-state index contributed by atoms with van der Waals surface area (Å²) in [6, 6.07) is 7.40. The molecule has 0 amide bonds. The van der Waals surface area contributed by atoms with Crippen LogP contribution < -0.4 is 4.74 Å². The van der Waals surface area contributed by atoms with E-state index in [1.165, 1.54) is 49.9 Å². The van der Waals surface area contributed by atoms with Crippen molar-refractivity contribution in [2.75, 3.05) is 6.61 Å². The first-order chi connectivity index (χ1) is 14.6. The van der Waals surface area contributed by atoms with Crippen molar-refractivity contribution in [2.45, 2.75) is 71.6 Å². The van der Waals surface area contributed by atoms with E-state index in [1.807, 2.05) is 18.2 Å². The van der Waals surface area contributed by atoms with Crippen LogP contribution in [0.25, 0.3) is 20.2 Å². The predicted octanol–water partition coefficient (Wildman–Crippen LogP) is 8.66. The first-order valence-corrected chi connectivity index (χ1v) is 12.4. The van der Waals surface area contributed by atoms with Crippen LogP contribution >= 0.6 is 11.3 Å². The average molecular weight is 431 g/mol. The number of halogens is 2. The molecule has 4 rings (SSSR count). The van der Waals surface area contributed by atoms with E-state index in [1.54, 1.807) is 6.07 Å². The van der Waals surface area contributed by atoms with Gasteiger partial charge in [-0.3, -0.25) is 0 Å². The van der Waals surface area contributed by atoms with Gasteiger partial charge in [-0.1, -0.05) is 58.1 Å². The number of rotatable bonds is 8. The number of hydrogen-bond donors (Lipinski definition) is 0. The third-order valence-electron chi connectivity index (χ3n) is 6.67. The van der Waals surface area contributed by atoms with E-state index < -0.39 is 0 Å². The molecule has 0 spiro atoms. The highest BCUT2D eigenvalue weighted by Crippen LogP contribution is 2.41. The zero-order valence-corrected chi connectivity index (χ0v) is 18.9. The summed E-state index contributed by atoms with van der Waals surface area (Å²) in [5.41, 5.74) is 0.728. The molecular weight excluding hydrogens is 398 g/mol. The maximum Gasteiger partial charge on any atom is 0.182 e. The summed E-state index contributed by atoms with van der Waals surface area (Å²) in [4.78, 5) is 0. The zero-order valence-electron chi connectivity index (χ0n) is 18.1. The van der Waals surface area contributed by atoms with Gasteiger partial charge in [0.25, 0.3) is 0 Å². The number of ether oxygens (including phenoxy) is 1. The van der Waals surface area contributed by atoms with Gasteiger partial charge in [0.05, 0.1) is 16.0 Å². The molecule has 1 aromatic heterocycles. The van der Waals surface area contributed by atoms with Gasteiger partial charge in [-0.25, -0.2) is 8.78 Å². The molecule has 4 heteroatoms. The lowest BCUT2D eigenvalue weighted by Gasteiger charge is -2.28. The quantitative estimate of drug-likeness (QED) is 0.347. The van der Waals surface area contributed by atoms with Crippen molar-refractivity contribution < 1.29 is 13.5 Å². The Morgan fingerprint density at radius 2 is 1.53 bits per heavy atom. The van der Waals surface area contributed by atoms with E-state index in [9.17, 15) is 4.39 Å². The lowest BCUT2D eigenvalue weighted by atomic mass is 9.80. The van der Waals surface area contributed by atoms with Crippen LogP contribution in [0.5, 0.6) is 5.75 Å². The minimum atomic E-state index is -0.345. The molecule has 2 aromatic carbocycles. The molecule has 162 valence electrons. The largest absolute Gasteiger partial charge is 0.490 e. The van der Waals surface area contributed by atoms with Crippen molar-refractivity contribution in [3.63, 3.8) is 0 Å². The van der Waals surface area contributed by atoms with Gasteiger partial charge in [0.1, 0.15) is 5.82 Å². The Kier molecular flexibility index (Phi) is 6.92.